The summed E-state index contributed by atoms with van der Waals surface area (Å²) in [7, 11) is -2.43. The standard InChI is InChI=1S/C19H18FNO4S/c1-25-19(22)14-10-17(12-2-6-15(20)7-3-12)18(11-14)13-4-8-16(9-5-13)26(21,23)24/h2-9,14H,10-11H2,1H3,(H2,21,23,24). The van der Waals surface area contributed by atoms with Crippen molar-refractivity contribution in [3.05, 3.63) is 65.5 Å². The Morgan fingerprint density at radius 2 is 1.46 bits per heavy atom. The van der Waals surface area contributed by atoms with Gasteiger partial charge in [0.1, 0.15) is 5.82 Å². The topological polar surface area (TPSA) is 86.5 Å². The van der Waals surface area contributed by atoms with E-state index in [9.17, 15) is 17.6 Å². The normalized spacial score (nSPS) is 17.4. The summed E-state index contributed by atoms with van der Waals surface area (Å²) >= 11 is 0. The van der Waals surface area contributed by atoms with E-state index in [0.29, 0.717) is 12.8 Å². The van der Waals surface area contributed by atoms with Gasteiger partial charge in [-0.15, -0.1) is 0 Å². The summed E-state index contributed by atoms with van der Waals surface area (Å²) < 4.78 is 41.0. The van der Waals surface area contributed by atoms with E-state index in [4.69, 9.17) is 9.88 Å². The molecule has 1 unspecified atom stereocenters. The summed E-state index contributed by atoms with van der Waals surface area (Å²) in [4.78, 5) is 12.0. The average Bonchev–Trinajstić information content (AvgIpc) is 3.06. The molecule has 0 fully saturated rings. The molecule has 0 aliphatic heterocycles. The van der Waals surface area contributed by atoms with E-state index >= 15 is 0 Å². The summed E-state index contributed by atoms with van der Waals surface area (Å²) in [6.07, 6.45) is 0.943. The maximum absolute atomic E-state index is 13.3. The highest BCUT2D eigenvalue weighted by atomic mass is 32.2. The zero-order valence-corrected chi connectivity index (χ0v) is 14.9. The van der Waals surface area contributed by atoms with E-state index in [1.54, 1.807) is 24.3 Å². The van der Waals surface area contributed by atoms with E-state index in [-0.39, 0.29) is 22.6 Å². The fourth-order valence-corrected chi connectivity index (χ4v) is 3.74. The Morgan fingerprint density at radius 3 is 1.88 bits per heavy atom. The first-order valence-corrected chi connectivity index (χ1v) is 9.53. The number of halogens is 1. The monoisotopic (exact) mass is 375 g/mol. The van der Waals surface area contributed by atoms with Crippen molar-refractivity contribution < 1.29 is 22.3 Å². The van der Waals surface area contributed by atoms with Gasteiger partial charge in [0.2, 0.25) is 10.0 Å². The number of nitrogens with two attached hydrogens (primary N) is 1. The van der Waals surface area contributed by atoms with Crippen LogP contribution in [0.3, 0.4) is 0 Å². The van der Waals surface area contributed by atoms with Gasteiger partial charge in [-0.2, -0.15) is 0 Å². The van der Waals surface area contributed by atoms with Crippen molar-refractivity contribution in [3.63, 3.8) is 0 Å². The van der Waals surface area contributed by atoms with Crippen LogP contribution in [0, 0.1) is 11.7 Å². The number of esters is 1. The van der Waals surface area contributed by atoms with Gasteiger partial charge in [0.15, 0.2) is 0 Å². The minimum atomic E-state index is -3.77. The van der Waals surface area contributed by atoms with Gasteiger partial charge in [0.25, 0.3) is 0 Å². The third-order valence-corrected chi connectivity index (χ3v) is 5.45. The molecule has 0 spiro atoms. The van der Waals surface area contributed by atoms with Gasteiger partial charge in [-0.05, 0) is 59.4 Å². The van der Waals surface area contributed by atoms with Crippen LogP contribution < -0.4 is 5.14 Å². The Balaban J connectivity index is 2.04. The summed E-state index contributed by atoms with van der Waals surface area (Å²) in [5, 5.41) is 5.14. The summed E-state index contributed by atoms with van der Waals surface area (Å²) in [5.41, 5.74) is 3.45. The molecule has 2 aromatic rings. The zero-order chi connectivity index (χ0) is 18.9. The van der Waals surface area contributed by atoms with Crippen LogP contribution in [-0.2, 0) is 19.6 Å². The predicted octanol–water partition coefficient (Wildman–Crippen LogP) is 2.97. The quantitative estimate of drug-likeness (QED) is 0.833. The van der Waals surface area contributed by atoms with E-state index in [2.05, 4.69) is 0 Å². The molecule has 2 N–H and O–H groups in total. The van der Waals surface area contributed by atoms with Crippen molar-refractivity contribution in [2.24, 2.45) is 11.1 Å². The Labute approximate surface area is 151 Å². The molecule has 0 saturated carbocycles. The third-order valence-electron chi connectivity index (χ3n) is 4.52. The highest BCUT2D eigenvalue weighted by Crippen LogP contribution is 2.43. The number of methoxy groups -OCH3 is 1. The second-order valence-corrected chi connectivity index (χ2v) is 7.72. The molecule has 1 atom stereocenters. The summed E-state index contributed by atoms with van der Waals surface area (Å²) in [5.74, 6) is -0.968. The minimum Gasteiger partial charge on any atom is -0.469 e. The molecule has 136 valence electrons. The smallest absolute Gasteiger partial charge is 0.309 e. The van der Waals surface area contributed by atoms with Crippen molar-refractivity contribution >= 4 is 27.1 Å². The number of carbonyl (C=O) groups excluding carboxylic acids is 1. The Bertz CT molecular complexity index is 964. The first kappa shape index (κ1) is 18.3. The van der Waals surface area contributed by atoms with Crippen LogP contribution in [0.5, 0.6) is 0 Å². The number of allylic oxidation sites excluding steroid dienone is 2. The number of sulfonamides is 1. The number of carbonyl (C=O) groups is 1. The highest BCUT2D eigenvalue weighted by molar-refractivity contribution is 7.89. The first-order chi connectivity index (χ1) is 12.3. The molecular formula is C19H18FNO4S. The number of benzene rings is 2. The molecule has 0 radical (unpaired) electrons. The molecule has 3 rings (SSSR count). The van der Waals surface area contributed by atoms with Gasteiger partial charge in [0, 0.05) is 0 Å². The maximum atomic E-state index is 13.3. The highest BCUT2D eigenvalue weighted by Gasteiger charge is 2.31. The minimum absolute atomic E-state index is 0.0210. The van der Waals surface area contributed by atoms with Gasteiger partial charge in [-0.1, -0.05) is 24.3 Å². The van der Waals surface area contributed by atoms with E-state index < -0.39 is 10.0 Å². The van der Waals surface area contributed by atoms with Crippen LogP contribution in [0.1, 0.15) is 24.0 Å². The molecule has 26 heavy (non-hydrogen) atoms. The summed E-state index contributed by atoms with van der Waals surface area (Å²) in [6, 6.07) is 12.3. The number of primary sulfonamides is 1. The van der Waals surface area contributed by atoms with Crippen molar-refractivity contribution in [2.45, 2.75) is 17.7 Å². The SMILES string of the molecule is COC(=O)C1CC(c2ccc(F)cc2)=C(c2ccc(S(N)(=O)=O)cc2)C1. The molecule has 0 bridgehead atoms. The van der Waals surface area contributed by atoms with Gasteiger partial charge in [0.05, 0.1) is 17.9 Å². The number of ether oxygens (including phenoxy) is 1. The molecule has 0 heterocycles. The number of hydrogen-bond acceptors (Lipinski definition) is 4. The molecule has 1 aliphatic carbocycles. The van der Waals surface area contributed by atoms with E-state index in [1.165, 1.54) is 31.4 Å². The third kappa shape index (κ3) is 3.68. The van der Waals surface area contributed by atoms with Gasteiger partial charge < -0.3 is 4.74 Å². The number of hydrogen-bond donors (Lipinski definition) is 1. The number of rotatable bonds is 4. The van der Waals surface area contributed by atoms with Crippen LogP contribution in [0.4, 0.5) is 4.39 Å². The fraction of sp³-hybridized carbons (Fsp3) is 0.211. The molecule has 0 aromatic heterocycles. The van der Waals surface area contributed by atoms with Crippen LogP contribution in [0.25, 0.3) is 11.1 Å². The van der Waals surface area contributed by atoms with Gasteiger partial charge >= 0.3 is 5.97 Å². The van der Waals surface area contributed by atoms with Crippen molar-refractivity contribution in [3.8, 4) is 0 Å². The van der Waals surface area contributed by atoms with Crippen molar-refractivity contribution in [1.82, 2.24) is 0 Å². The average molecular weight is 375 g/mol. The Hall–Kier alpha value is -2.51. The van der Waals surface area contributed by atoms with Crippen LogP contribution in [0.15, 0.2) is 53.4 Å². The lowest BCUT2D eigenvalue weighted by atomic mass is 9.97. The second kappa shape index (κ2) is 7.01. The molecule has 0 amide bonds. The zero-order valence-electron chi connectivity index (χ0n) is 14.1. The Kier molecular flexibility index (Phi) is 4.93. The molecule has 0 saturated heterocycles. The fourth-order valence-electron chi connectivity index (χ4n) is 3.23. The van der Waals surface area contributed by atoms with E-state index in [1.807, 2.05) is 0 Å². The van der Waals surface area contributed by atoms with Crippen LogP contribution in [-0.4, -0.2) is 21.5 Å². The Morgan fingerprint density at radius 1 is 1.00 bits per heavy atom. The molecule has 2 aromatic carbocycles. The molecule has 7 heteroatoms. The lowest BCUT2D eigenvalue weighted by Crippen LogP contribution is -2.13. The van der Waals surface area contributed by atoms with Crippen molar-refractivity contribution in [2.75, 3.05) is 7.11 Å². The van der Waals surface area contributed by atoms with Gasteiger partial charge in [-0.25, -0.2) is 17.9 Å². The lowest BCUT2D eigenvalue weighted by molar-refractivity contribution is -0.144. The van der Waals surface area contributed by atoms with Crippen LogP contribution in [0.2, 0.25) is 0 Å². The van der Waals surface area contributed by atoms with Crippen molar-refractivity contribution in [1.29, 1.82) is 0 Å². The molecule has 1 aliphatic rings. The van der Waals surface area contributed by atoms with Crippen LogP contribution >= 0.6 is 0 Å². The summed E-state index contributed by atoms with van der Waals surface area (Å²) in [6.45, 7) is 0. The predicted molar refractivity (Wildman–Crippen MR) is 95.8 cm³/mol. The lowest BCUT2D eigenvalue weighted by Gasteiger charge is -2.09. The molecule has 5 nitrogen and oxygen atoms in total. The maximum Gasteiger partial charge on any atom is 0.309 e. The molecular weight excluding hydrogens is 357 g/mol. The largest absolute Gasteiger partial charge is 0.469 e. The van der Waals surface area contributed by atoms with Gasteiger partial charge in [-0.3, -0.25) is 4.79 Å². The second-order valence-electron chi connectivity index (χ2n) is 6.16. The first-order valence-electron chi connectivity index (χ1n) is 7.98. The van der Waals surface area contributed by atoms with E-state index in [0.717, 1.165) is 22.3 Å².